The van der Waals surface area contributed by atoms with Crippen molar-refractivity contribution in [2.45, 2.75) is 12.6 Å². The van der Waals surface area contributed by atoms with E-state index in [9.17, 15) is 5.11 Å². The van der Waals surface area contributed by atoms with Crippen molar-refractivity contribution < 1.29 is 33.9 Å². The van der Waals surface area contributed by atoms with Gasteiger partial charge in [0.2, 0.25) is 6.79 Å². The second-order valence-electron chi connectivity index (χ2n) is 7.71. The first-order chi connectivity index (χ1) is 14.2. The first-order valence-corrected chi connectivity index (χ1v) is 10.2. The summed E-state index contributed by atoms with van der Waals surface area (Å²) < 4.78 is 21.8. The first-order valence-electron chi connectivity index (χ1n) is 10.2. The molecular formula is C22H30N2O5+2. The normalized spacial score (nSPS) is 21.6. The fourth-order valence-corrected chi connectivity index (χ4v) is 3.95. The molecule has 4 rings (SSSR count). The first kappa shape index (κ1) is 19.8. The Hall–Kier alpha value is -2.48. The molecule has 7 nitrogen and oxygen atoms in total. The van der Waals surface area contributed by atoms with Gasteiger partial charge >= 0.3 is 0 Å². The number of hydrogen-bond acceptors (Lipinski definition) is 5. The lowest BCUT2D eigenvalue weighted by molar-refractivity contribution is -1.02. The van der Waals surface area contributed by atoms with E-state index in [0.717, 1.165) is 55.7 Å². The van der Waals surface area contributed by atoms with Gasteiger partial charge in [0.15, 0.2) is 11.5 Å². The smallest absolute Gasteiger partial charge is 0.231 e. The zero-order valence-corrected chi connectivity index (χ0v) is 16.9. The minimum Gasteiger partial charge on any atom is -0.497 e. The van der Waals surface area contributed by atoms with Gasteiger partial charge in [0.25, 0.3) is 0 Å². The average molecular weight is 402 g/mol. The summed E-state index contributed by atoms with van der Waals surface area (Å²) in [6.07, 6.45) is -0.480. The van der Waals surface area contributed by atoms with Crippen molar-refractivity contribution in [3.8, 4) is 23.0 Å². The van der Waals surface area contributed by atoms with Crippen LogP contribution in [-0.2, 0) is 6.54 Å². The molecule has 2 aliphatic rings. The third-order valence-electron chi connectivity index (χ3n) is 5.56. The van der Waals surface area contributed by atoms with Gasteiger partial charge in [0, 0.05) is 11.6 Å². The Kier molecular flexibility index (Phi) is 6.39. The van der Waals surface area contributed by atoms with Gasteiger partial charge in [-0.1, -0.05) is 6.07 Å². The topological polar surface area (TPSA) is 66.0 Å². The number of methoxy groups -OCH3 is 1. The molecule has 0 amide bonds. The van der Waals surface area contributed by atoms with Gasteiger partial charge in [-0.3, -0.25) is 0 Å². The molecule has 0 radical (unpaired) electrons. The fourth-order valence-electron chi connectivity index (χ4n) is 3.95. The lowest BCUT2D eigenvalue weighted by Crippen LogP contribution is -3.28. The predicted molar refractivity (Wildman–Crippen MR) is 107 cm³/mol. The fraction of sp³-hybridized carbons (Fsp3) is 0.455. The van der Waals surface area contributed by atoms with Crippen molar-refractivity contribution >= 4 is 0 Å². The monoisotopic (exact) mass is 402 g/mol. The van der Waals surface area contributed by atoms with Crippen LogP contribution in [0, 0.1) is 0 Å². The maximum atomic E-state index is 10.4. The van der Waals surface area contributed by atoms with Crippen LogP contribution in [0.15, 0.2) is 42.5 Å². The summed E-state index contributed by atoms with van der Waals surface area (Å²) in [6, 6.07) is 13.7. The molecule has 1 saturated heterocycles. The number of piperazine rings is 1. The van der Waals surface area contributed by atoms with E-state index in [4.69, 9.17) is 18.9 Å². The minimum atomic E-state index is -0.480. The Morgan fingerprint density at radius 1 is 0.966 bits per heavy atom. The molecule has 156 valence electrons. The maximum Gasteiger partial charge on any atom is 0.231 e. The van der Waals surface area contributed by atoms with Crippen LogP contribution in [0.1, 0.15) is 5.56 Å². The SMILES string of the molecule is COc1cccc(OC[C@@H](O)C[NH+]2CC[NH+](Cc3ccc4c(c3)OCO4)CC2)c1. The van der Waals surface area contributed by atoms with Crippen LogP contribution < -0.4 is 28.7 Å². The number of benzene rings is 2. The number of hydrogen-bond donors (Lipinski definition) is 3. The van der Waals surface area contributed by atoms with E-state index < -0.39 is 6.10 Å². The van der Waals surface area contributed by atoms with Gasteiger partial charge in [-0.15, -0.1) is 0 Å². The van der Waals surface area contributed by atoms with Gasteiger partial charge < -0.3 is 33.9 Å². The summed E-state index contributed by atoms with van der Waals surface area (Å²) in [5.41, 5.74) is 1.28. The van der Waals surface area contributed by atoms with Crippen LogP contribution in [0.2, 0.25) is 0 Å². The van der Waals surface area contributed by atoms with Gasteiger partial charge in [0.05, 0.1) is 7.11 Å². The third kappa shape index (κ3) is 5.32. The number of aliphatic hydroxyl groups is 1. The molecule has 0 bridgehead atoms. The molecule has 1 fully saturated rings. The zero-order chi connectivity index (χ0) is 20.1. The number of fused-ring (bicyclic) bond motifs is 1. The molecule has 1 atom stereocenters. The van der Waals surface area contributed by atoms with E-state index in [0.29, 0.717) is 19.9 Å². The molecule has 2 heterocycles. The van der Waals surface area contributed by atoms with Crippen molar-refractivity contribution in [3.05, 3.63) is 48.0 Å². The standard InChI is InChI=1S/C22H28N2O5/c1-26-19-3-2-4-20(12-19)27-15-18(25)14-24-9-7-23(8-10-24)13-17-5-6-21-22(11-17)29-16-28-21/h2-6,11-12,18,25H,7-10,13-16H2,1H3/p+2/t18-/m0/s1. The lowest BCUT2D eigenvalue weighted by Gasteiger charge is -2.30. The molecule has 0 aromatic heterocycles. The molecule has 29 heavy (non-hydrogen) atoms. The summed E-state index contributed by atoms with van der Waals surface area (Å²) >= 11 is 0. The van der Waals surface area contributed by atoms with Crippen molar-refractivity contribution in [1.82, 2.24) is 0 Å². The second kappa shape index (κ2) is 9.35. The summed E-state index contributed by atoms with van der Waals surface area (Å²) in [5, 5.41) is 10.4. The van der Waals surface area contributed by atoms with Crippen LogP contribution in [0.25, 0.3) is 0 Å². The quantitative estimate of drug-likeness (QED) is 0.537. The van der Waals surface area contributed by atoms with Crippen LogP contribution in [0.3, 0.4) is 0 Å². The van der Waals surface area contributed by atoms with Crippen LogP contribution in [0.4, 0.5) is 0 Å². The van der Waals surface area contributed by atoms with E-state index in [2.05, 4.69) is 12.1 Å². The number of ether oxygens (including phenoxy) is 4. The molecular weight excluding hydrogens is 372 g/mol. The lowest BCUT2D eigenvalue weighted by atomic mass is 10.1. The predicted octanol–water partition coefficient (Wildman–Crippen LogP) is -0.853. The van der Waals surface area contributed by atoms with Crippen molar-refractivity contribution in [2.75, 3.05) is 53.2 Å². The number of aliphatic hydroxyl groups excluding tert-OH is 1. The number of nitrogens with one attached hydrogen (secondary N) is 2. The largest absolute Gasteiger partial charge is 0.497 e. The Bertz CT molecular complexity index is 808. The molecule has 7 heteroatoms. The molecule has 2 aromatic carbocycles. The van der Waals surface area contributed by atoms with Gasteiger partial charge in [0.1, 0.15) is 63.5 Å². The average Bonchev–Trinajstić information content (AvgIpc) is 3.22. The summed E-state index contributed by atoms with van der Waals surface area (Å²) in [7, 11) is 1.63. The Morgan fingerprint density at radius 2 is 1.72 bits per heavy atom. The Morgan fingerprint density at radius 3 is 2.55 bits per heavy atom. The molecule has 0 saturated carbocycles. The van der Waals surface area contributed by atoms with Gasteiger partial charge in [-0.2, -0.15) is 0 Å². The third-order valence-corrected chi connectivity index (χ3v) is 5.56. The van der Waals surface area contributed by atoms with E-state index >= 15 is 0 Å². The van der Waals surface area contributed by atoms with E-state index in [1.54, 1.807) is 12.0 Å². The summed E-state index contributed by atoms with van der Waals surface area (Å²) in [4.78, 5) is 3.00. The Balaban J connectivity index is 1.18. The summed E-state index contributed by atoms with van der Waals surface area (Å²) in [5.74, 6) is 3.16. The van der Waals surface area contributed by atoms with E-state index in [-0.39, 0.29) is 0 Å². The number of rotatable bonds is 8. The number of quaternary nitrogens is 2. The minimum absolute atomic E-state index is 0.296. The molecule has 0 aliphatic carbocycles. The highest BCUT2D eigenvalue weighted by Gasteiger charge is 2.26. The van der Waals surface area contributed by atoms with Crippen LogP contribution in [0.5, 0.6) is 23.0 Å². The highest BCUT2D eigenvalue weighted by molar-refractivity contribution is 5.44. The highest BCUT2D eigenvalue weighted by Crippen LogP contribution is 2.32. The van der Waals surface area contributed by atoms with Crippen LogP contribution >= 0.6 is 0 Å². The van der Waals surface area contributed by atoms with E-state index in [1.165, 1.54) is 10.5 Å². The Labute approximate surface area is 171 Å². The van der Waals surface area contributed by atoms with E-state index in [1.807, 2.05) is 30.3 Å². The van der Waals surface area contributed by atoms with Crippen LogP contribution in [-0.4, -0.2) is 64.4 Å². The highest BCUT2D eigenvalue weighted by atomic mass is 16.7. The zero-order valence-electron chi connectivity index (χ0n) is 16.9. The second-order valence-corrected chi connectivity index (χ2v) is 7.71. The molecule has 0 spiro atoms. The van der Waals surface area contributed by atoms with Crippen molar-refractivity contribution in [1.29, 1.82) is 0 Å². The van der Waals surface area contributed by atoms with Gasteiger partial charge in [-0.25, -0.2) is 0 Å². The van der Waals surface area contributed by atoms with Crippen molar-refractivity contribution in [2.24, 2.45) is 0 Å². The van der Waals surface area contributed by atoms with Crippen molar-refractivity contribution in [3.63, 3.8) is 0 Å². The molecule has 2 aliphatic heterocycles. The molecule has 2 aromatic rings. The molecule has 0 unspecified atom stereocenters. The maximum absolute atomic E-state index is 10.4. The summed E-state index contributed by atoms with van der Waals surface area (Å²) in [6.45, 7) is 6.60. The molecule has 3 N–H and O–H groups in total. The van der Waals surface area contributed by atoms with Gasteiger partial charge in [-0.05, 0) is 30.3 Å².